The zero-order valence-corrected chi connectivity index (χ0v) is 22.9. The first-order valence-corrected chi connectivity index (χ1v) is 13.4. The minimum Gasteiger partial charge on any atom is -0.480 e. The molecule has 0 unspecified atom stereocenters. The number of aromatic amines is 1. The smallest absolute Gasteiger partial charge is 0.326 e. The number of H-pyrrole nitrogens is 1. The van der Waals surface area contributed by atoms with Gasteiger partial charge in [0.05, 0.1) is 24.6 Å². The number of hydrogen-bond acceptors (Lipinski definition) is 9. The number of carbonyl (C=O) groups excluding carboxylic acids is 4. The Kier molecular flexibility index (Phi) is 13.5. The monoisotopic (exact) mass is 579 g/mol. The number of hydrogen-bond donors (Lipinski definition) is 10. The second-order valence-electron chi connectivity index (χ2n) is 9.71. The van der Waals surface area contributed by atoms with Gasteiger partial charge < -0.3 is 53.5 Å². The van der Waals surface area contributed by atoms with E-state index in [9.17, 15) is 29.1 Å². The molecule has 17 heteroatoms. The number of guanidine groups is 1. The first-order chi connectivity index (χ1) is 19.5. The summed E-state index contributed by atoms with van der Waals surface area (Å²) in [6.07, 6.45) is 5.08. The lowest BCUT2D eigenvalue weighted by Crippen LogP contribution is -2.56. The van der Waals surface area contributed by atoms with Gasteiger partial charge in [-0.1, -0.05) is 0 Å². The van der Waals surface area contributed by atoms with Gasteiger partial charge in [-0.15, -0.1) is 0 Å². The van der Waals surface area contributed by atoms with Crippen LogP contribution in [-0.2, 0) is 30.4 Å². The number of carbonyl (C=O) groups is 5. The normalized spacial score (nSPS) is 16.7. The third-order valence-corrected chi connectivity index (χ3v) is 6.54. The van der Waals surface area contributed by atoms with Gasteiger partial charge in [0.2, 0.25) is 23.6 Å². The van der Waals surface area contributed by atoms with Crippen LogP contribution in [0.4, 0.5) is 0 Å². The highest BCUT2D eigenvalue weighted by Gasteiger charge is 2.36. The Hall–Kier alpha value is -4.25. The summed E-state index contributed by atoms with van der Waals surface area (Å²) >= 11 is 0. The summed E-state index contributed by atoms with van der Waals surface area (Å²) in [5.41, 5.74) is 17.2. The fourth-order valence-electron chi connectivity index (χ4n) is 4.37. The van der Waals surface area contributed by atoms with Crippen molar-refractivity contribution >= 4 is 35.6 Å². The SMILES string of the molecule is N=C(N)NCCC[C@H](NC(=O)[C@@H]1CCCN1C(=O)CNC(=O)[C@@H](N)Cc1c[nH]cn1)C(=O)N[C@@H](CCCN)C(=O)O. The molecule has 1 aliphatic heterocycles. The topological polar surface area (TPSA) is 288 Å². The average molecular weight is 580 g/mol. The third kappa shape index (κ3) is 11.0. The molecule has 1 fully saturated rings. The molecule has 1 aromatic rings. The number of carboxylic acids is 1. The van der Waals surface area contributed by atoms with Gasteiger partial charge in [0, 0.05) is 25.7 Å². The van der Waals surface area contributed by atoms with E-state index in [0.29, 0.717) is 31.4 Å². The van der Waals surface area contributed by atoms with Crippen molar-refractivity contribution in [1.29, 1.82) is 5.41 Å². The van der Waals surface area contributed by atoms with E-state index < -0.39 is 53.8 Å². The van der Waals surface area contributed by atoms with Gasteiger partial charge in [0.25, 0.3) is 0 Å². The number of amides is 4. The number of carboxylic acid groups (broad SMARTS) is 1. The molecule has 0 radical (unpaired) electrons. The van der Waals surface area contributed by atoms with Crippen LogP contribution in [0, 0.1) is 5.41 Å². The van der Waals surface area contributed by atoms with Crippen LogP contribution in [0.5, 0.6) is 0 Å². The van der Waals surface area contributed by atoms with Gasteiger partial charge in [0.1, 0.15) is 18.1 Å². The van der Waals surface area contributed by atoms with Crippen molar-refractivity contribution in [3.63, 3.8) is 0 Å². The fourth-order valence-corrected chi connectivity index (χ4v) is 4.37. The van der Waals surface area contributed by atoms with E-state index >= 15 is 0 Å². The Morgan fingerprint density at radius 1 is 1.12 bits per heavy atom. The van der Waals surface area contributed by atoms with Gasteiger partial charge in [-0.25, -0.2) is 9.78 Å². The van der Waals surface area contributed by atoms with Crippen LogP contribution in [0.15, 0.2) is 12.5 Å². The van der Waals surface area contributed by atoms with Crippen LogP contribution in [0.3, 0.4) is 0 Å². The van der Waals surface area contributed by atoms with Crippen LogP contribution in [0.25, 0.3) is 0 Å². The summed E-state index contributed by atoms with van der Waals surface area (Å²) < 4.78 is 0. The summed E-state index contributed by atoms with van der Waals surface area (Å²) in [5, 5.41) is 26.9. The van der Waals surface area contributed by atoms with Crippen LogP contribution >= 0.6 is 0 Å². The lowest BCUT2D eigenvalue weighted by molar-refractivity contribution is -0.143. The first-order valence-electron chi connectivity index (χ1n) is 13.4. The van der Waals surface area contributed by atoms with E-state index in [1.807, 2.05) is 0 Å². The number of imidazole rings is 1. The minimum absolute atomic E-state index is 0.117. The summed E-state index contributed by atoms with van der Waals surface area (Å²) in [5.74, 6) is -3.78. The Labute approximate surface area is 237 Å². The maximum atomic E-state index is 13.2. The molecule has 0 bridgehead atoms. The fraction of sp³-hybridized carbons (Fsp3) is 0.625. The van der Waals surface area contributed by atoms with E-state index in [-0.39, 0.29) is 51.4 Å². The Morgan fingerprint density at radius 3 is 2.49 bits per heavy atom. The van der Waals surface area contributed by atoms with Gasteiger partial charge in [-0.2, -0.15) is 0 Å². The predicted molar refractivity (Wildman–Crippen MR) is 147 cm³/mol. The number of aliphatic carboxylic acids is 1. The number of likely N-dealkylation sites (tertiary alicyclic amines) is 1. The zero-order chi connectivity index (χ0) is 30.4. The van der Waals surface area contributed by atoms with Gasteiger partial charge in [0.15, 0.2) is 5.96 Å². The van der Waals surface area contributed by atoms with Crippen molar-refractivity contribution in [2.75, 3.05) is 26.2 Å². The van der Waals surface area contributed by atoms with Crippen molar-refractivity contribution in [3.05, 3.63) is 18.2 Å². The van der Waals surface area contributed by atoms with Crippen molar-refractivity contribution in [1.82, 2.24) is 36.1 Å². The molecule has 41 heavy (non-hydrogen) atoms. The van der Waals surface area contributed by atoms with Gasteiger partial charge in [-0.05, 0) is 45.1 Å². The molecule has 13 N–H and O–H groups in total. The summed E-state index contributed by atoms with van der Waals surface area (Å²) in [6.45, 7) is 0.420. The van der Waals surface area contributed by atoms with Crippen molar-refractivity contribution in [2.24, 2.45) is 17.2 Å². The average Bonchev–Trinajstić information content (AvgIpc) is 3.63. The van der Waals surface area contributed by atoms with Crippen LogP contribution in [0.2, 0.25) is 0 Å². The number of nitrogens with two attached hydrogens (primary N) is 3. The zero-order valence-electron chi connectivity index (χ0n) is 22.9. The summed E-state index contributed by atoms with van der Waals surface area (Å²) in [7, 11) is 0. The quantitative estimate of drug-likeness (QED) is 0.0489. The highest BCUT2D eigenvalue weighted by Crippen LogP contribution is 2.18. The van der Waals surface area contributed by atoms with Gasteiger partial charge in [-0.3, -0.25) is 24.6 Å². The molecule has 1 aliphatic rings. The molecule has 0 saturated carbocycles. The standard InChI is InChI=1S/C24H41N11O6/c25-7-1-4-17(23(40)41)34-21(38)16(5-2-8-30-24(27)28)33-22(39)18-6-3-9-35(18)19(36)12-31-20(37)15(26)10-14-11-29-13-32-14/h11,13,15-18H,1-10,12,25-26H2,(H,29,32)(H,31,37)(H,33,39)(H,34,38)(H,40,41)(H4,27,28,30)/t15-,16-,17-,18-/m0/s1. The molecule has 1 saturated heterocycles. The van der Waals surface area contributed by atoms with E-state index in [4.69, 9.17) is 22.6 Å². The highest BCUT2D eigenvalue weighted by atomic mass is 16.4. The maximum Gasteiger partial charge on any atom is 0.326 e. The molecular formula is C24H41N11O6. The Balaban J connectivity index is 2.00. The Bertz CT molecular complexity index is 1050. The predicted octanol–water partition coefficient (Wildman–Crippen LogP) is -3.56. The number of rotatable bonds is 17. The van der Waals surface area contributed by atoms with E-state index in [1.54, 1.807) is 6.20 Å². The molecule has 4 amide bonds. The van der Waals surface area contributed by atoms with E-state index in [2.05, 4.69) is 31.2 Å². The first kappa shape index (κ1) is 33.0. The maximum absolute atomic E-state index is 13.2. The molecule has 2 rings (SSSR count). The largest absolute Gasteiger partial charge is 0.480 e. The van der Waals surface area contributed by atoms with Crippen molar-refractivity contribution < 1.29 is 29.1 Å². The lowest BCUT2D eigenvalue weighted by Gasteiger charge is -2.27. The number of nitrogens with zero attached hydrogens (tertiary/aromatic N) is 2. The second-order valence-corrected chi connectivity index (χ2v) is 9.71. The third-order valence-electron chi connectivity index (χ3n) is 6.54. The highest BCUT2D eigenvalue weighted by molar-refractivity contribution is 5.94. The van der Waals surface area contributed by atoms with Crippen molar-refractivity contribution in [3.8, 4) is 0 Å². The Morgan fingerprint density at radius 2 is 1.85 bits per heavy atom. The number of aromatic nitrogens is 2. The molecule has 1 aromatic heterocycles. The lowest BCUT2D eigenvalue weighted by atomic mass is 10.1. The molecule has 2 heterocycles. The molecular weight excluding hydrogens is 538 g/mol. The van der Waals surface area contributed by atoms with Crippen molar-refractivity contribution in [2.45, 2.75) is 69.1 Å². The molecule has 0 aromatic carbocycles. The minimum atomic E-state index is -1.23. The van der Waals surface area contributed by atoms with Gasteiger partial charge >= 0.3 is 5.97 Å². The molecule has 0 aliphatic carbocycles. The van der Waals surface area contributed by atoms with Crippen LogP contribution in [-0.4, -0.2) is 106 Å². The molecule has 4 atom stereocenters. The van der Waals surface area contributed by atoms with Crippen LogP contribution in [0.1, 0.15) is 44.2 Å². The molecule has 17 nitrogen and oxygen atoms in total. The molecule has 228 valence electrons. The van der Waals surface area contributed by atoms with Crippen LogP contribution < -0.4 is 38.5 Å². The number of nitrogens with one attached hydrogen (secondary N) is 6. The summed E-state index contributed by atoms with van der Waals surface area (Å²) in [6, 6.07) is -4.09. The van der Waals surface area contributed by atoms with E-state index in [0.717, 1.165) is 0 Å². The van der Waals surface area contributed by atoms with E-state index in [1.165, 1.54) is 11.2 Å². The summed E-state index contributed by atoms with van der Waals surface area (Å²) in [4.78, 5) is 71.2. The molecule has 0 spiro atoms. The second kappa shape index (κ2) is 16.8.